The number of hydrogen-bond donors (Lipinski definition) is 3. The highest BCUT2D eigenvalue weighted by molar-refractivity contribution is 7.15. The molecule has 3 atom stereocenters. The standard InChI is InChI=1S/C32H40N4O6S/c1-9-16(2)28(31(39)36-32-33-17(3)18(4)43-32)35-24-13-11-21-22(15-25(24)38)23(34-19(5)37)12-10-20-14-26(40-6)29(41-7)30(42-8)27(20)21/h11,13-16,23,28H,9-10,12H2,1-8H3,(H,34,37)(H,35,38)(H,33,36,39). The molecule has 1 aromatic heterocycles. The van der Waals surface area contributed by atoms with E-state index in [4.69, 9.17) is 14.2 Å². The summed E-state index contributed by atoms with van der Waals surface area (Å²) < 4.78 is 17.1. The Kier molecular flexibility index (Phi) is 9.95. The maximum Gasteiger partial charge on any atom is 0.248 e. The van der Waals surface area contributed by atoms with Crippen LogP contribution in [0.2, 0.25) is 0 Å². The monoisotopic (exact) mass is 608 g/mol. The highest BCUT2D eigenvalue weighted by Gasteiger charge is 2.30. The summed E-state index contributed by atoms with van der Waals surface area (Å²) in [5.41, 5.74) is 3.89. The van der Waals surface area contributed by atoms with Crippen LogP contribution in [0, 0.1) is 19.8 Å². The van der Waals surface area contributed by atoms with Crippen LogP contribution < -0.4 is 35.6 Å². The lowest BCUT2D eigenvalue weighted by atomic mass is 9.95. The van der Waals surface area contributed by atoms with E-state index in [0.717, 1.165) is 21.7 Å². The van der Waals surface area contributed by atoms with Crippen molar-refractivity contribution in [1.29, 1.82) is 0 Å². The van der Waals surface area contributed by atoms with Crippen molar-refractivity contribution in [1.82, 2.24) is 10.3 Å². The van der Waals surface area contributed by atoms with E-state index in [1.165, 1.54) is 18.3 Å². The molecule has 0 saturated carbocycles. The molecule has 0 aliphatic heterocycles. The molecule has 1 aliphatic rings. The van der Waals surface area contributed by atoms with Gasteiger partial charge in [0.15, 0.2) is 16.6 Å². The average molecular weight is 609 g/mol. The predicted octanol–water partition coefficient (Wildman–Crippen LogP) is 5.40. The van der Waals surface area contributed by atoms with Gasteiger partial charge in [0, 0.05) is 17.4 Å². The molecule has 0 spiro atoms. The summed E-state index contributed by atoms with van der Waals surface area (Å²) >= 11 is 1.42. The van der Waals surface area contributed by atoms with Crippen molar-refractivity contribution in [2.24, 2.45) is 5.92 Å². The maximum absolute atomic E-state index is 13.8. The van der Waals surface area contributed by atoms with Gasteiger partial charge in [0.25, 0.3) is 0 Å². The molecule has 1 heterocycles. The normalized spacial score (nSPS) is 15.2. The zero-order chi connectivity index (χ0) is 31.4. The number of fused-ring (bicyclic) bond motifs is 3. The van der Waals surface area contributed by atoms with Crippen molar-refractivity contribution < 1.29 is 23.8 Å². The third-order valence-electron chi connectivity index (χ3n) is 7.98. The number of methoxy groups -OCH3 is 3. The summed E-state index contributed by atoms with van der Waals surface area (Å²) in [7, 11) is 4.67. The molecule has 1 aliphatic carbocycles. The zero-order valence-electron chi connectivity index (χ0n) is 26.0. The molecule has 0 saturated heterocycles. The Morgan fingerprint density at radius 1 is 1.09 bits per heavy atom. The van der Waals surface area contributed by atoms with Gasteiger partial charge in [-0.3, -0.25) is 14.4 Å². The predicted molar refractivity (Wildman–Crippen MR) is 170 cm³/mol. The van der Waals surface area contributed by atoms with Gasteiger partial charge in [0.2, 0.25) is 23.0 Å². The number of anilines is 2. The van der Waals surface area contributed by atoms with Crippen LogP contribution in [0.4, 0.5) is 10.8 Å². The second-order valence-electron chi connectivity index (χ2n) is 10.8. The largest absolute Gasteiger partial charge is 0.493 e. The van der Waals surface area contributed by atoms with Crippen LogP contribution in [-0.4, -0.2) is 44.2 Å². The summed E-state index contributed by atoms with van der Waals surface area (Å²) in [5.74, 6) is 0.868. The summed E-state index contributed by atoms with van der Waals surface area (Å²) in [6.45, 7) is 9.28. The minimum atomic E-state index is -0.693. The Hall–Kier alpha value is -4.12. The lowest BCUT2D eigenvalue weighted by Crippen LogP contribution is -2.40. The first-order valence-corrected chi connectivity index (χ1v) is 15.1. The number of hydrogen-bond acceptors (Lipinski definition) is 9. The van der Waals surface area contributed by atoms with Gasteiger partial charge < -0.3 is 30.2 Å². The molecule has 2 amide bonds. The Labute approximate surface area is 256 Å². The fourth-order valence-corrected chi connectivity index (χ4v) is 6.22. The van der Waals surface area contributed by atoms with E-state index in [2.05, 4.69) is 20.9 Å². The SMILES string of the molecule is CCC(C)C(Nc1ccc2c(cc1=O)C(NC(C)=O)CCc1cc(OC)c(OC)c(OC)c1-2)C(=O)Nc1nc(C)c(C)s1. The number of thiazole rings is 1. The van der Waals surface area contributed by atoms with Crippen LogP contribution >= 0.6 is 11.3 Å². The third kappa shape index (κ3) is 6.61. The quantitative estimate of drug-likeness (QED) is 0.279. The summed E-state index contributed by atoms with van der Waals surface area (Å²) in [6.07, 6.45) is 1.86. The molecule has 0 radical (unpaired) electrons. The number of nitrogens with one attached hydrogen (secondary N) is 3. The van der Waals surface area contributed by atoms with Crippen molar-refractivity contribution in [3.8, 4) is 28.4 Å². The molecule has 11 heteroatoms. The van der Waals surface area contributed by atoms with Crippen molar-refractivity contribution in [2.45, 2.75) is 66.0 Å². The van der Waals surface area contributed by atoms with Gasteiger partial charge in [-0.1, -0.05) is 26.3 Å². The van der Waals surface area contributed by atoms with E-state index < -0.39 is 12.1 Å². The fourth-order valence-electron chi connectivity index (χ4n) is 5.41. The van der Waals surface area contributed by atoms with E-state index in [1.807, 2.05) is 39.8 Å². The molecule has 10 nitrogen and oxygen atoms in total. The van der Waals surface area contributed by atoms with Crippen LogP contribution in [-0.2, 0) is 16.0 Å². The first kappa shape index (κ1) is 31.8. The molecular formula is C32H40N4O6S. The van der Waals surface area contributed by atoms with E-state index in [-0.39, 0.29) is 28.8 Å². The van der Waals surface area contributed by atoms with Crippen LogP contribution in [0.25, 0.3) is 11.1 Å². The van der Waals surface area contributed by atoms with Crippen LogP contribution in [0.3, 0.4) is 0 Å². The Bertz CT molecular complexity index is 1570. The number of carbonyl (C=O) groups is 2. The third-order valence-corrected chi connectivity index (χ3v) is 8.97. The smallest absolute Gasteiger partial charge is 0.248 e. The van der Waals surface area contributed by atoms with Crippen molar-refractivity contribution in [2.75, 3.05) is 32.0 Å². The molecule has 3 aromatic rings. The van der Waals surface area contributed by atoms with E-state index in [9.17, 15) is 14.4 Å². The fraction of sp³-hybridized carbons (Fsp3) is 0.438. The first-order chi connectivity index (χ1) is 20.5. The first-order valence-electron chi connectivity index (χ1n) is 14.3. The Morgan fingerprint density at radius 2 is 1.81 bits per heavy atom. The number of aryl methyl sites for hydroxylation is 3. The zero-order valence-corrected chi connectivity index (χ0v) is 26.8. The second kappa shape index (κ2) is 13.5. The van der Waals surface area contributed by atoms with Gasteiger partial charge in [-0.15, -0.1) is 11.3 Å². The molecule has 0 bridgehead atoms. The van der Waals surface area contributed by atoms with Crippen molar-refractivity contribution in [3.05, 3.63) is 56.2 Å². The molecular weight excluding hydrogens is 568 g/mol. The Morgan fingerprint density at radius 3 is 2.40 bits per heavy atom. The average Bonchev–Trinajstić information content (AvgIpc) is 3.11. The summed E-state index contributed by atoms with van der Waals surface area (Å²) in [6, 6.07) is 5.86. The van der Waals surface area contributed by atoms with Gasteiger partial charge in [-0.05, 0) is 67.5 Å². The Balaban J connectivity index is 1.86. The number of nitrogens with zero attached hydrogens (tertiary/aromatic N) is 1. The van der Waals surface area contributed by atoms with Crippen molar-refractivity contribution >= 4 is 34.0 Å². The molecule has 3 N–H and O–H groups in total. The molecule has 2 aromatic carbocycles. The van der Waals surface area contributed by atoms with Crippen LogP contribution in [0.15, 0.2) is 29.1 Å². The number of amides is 2. The second-order valence-corrected chi connectivity index (χ2v) is 12.0. The summed E-state index contributed by atoms with van der Waals surface area (Å²) in [5, 5.41) is 9.70. The molecule has 4 rings (SSSR count). The van der Waals surface area contributed by atoms with Crippen LogP contribution in [0.5, 0.6) is 17.2 Å². The van der Waals surface area contributed by atoms with Gasteiger partial charge in [0.05, 0.1) is 38.8 Å². The number of carbonyl (C=O) groups excluding carboxylic acids is 2. The summed E-state index contributed by atoms with van der Waals surface area (Å²) in [4.78, 5) is 45.0. The number of benzene rings is 1. The minimum absolute atomic E-state index is 0.0884. The lowest BCUT2D eigenvalue weighted by Gasteiger charge is -2.23. The van der Waals surface area contributed by atoms with E-state index in [0.29, 0.717) is 52.8 Å². The number of ether oxygens (including phenoxy) is 3. The highest BCUT2D eigenvalue weighted by Crippen LogP contribution is 2.50. The van der Waals surface area contributed by atoms with Gasteiger partial charge >= 0.3 is 0 Å². The molecule has 0 fully saturated rings. The van der Waals surface area contributed by atoms with E-state index in [1.54, 1.807) is 33.5 Å². The molecule has 43 heavy (non-hydrogen) atoms. The molecule has 3 unspecified atom stereocenters. The number of rotatable bonds is 10. The minimum Gasteiger partial charge on any atom is -0.493 e. The van der Waals surface area contributed by atoms with Gasteiger partial charge in [0.1, 0.15) is 6.04 Å². The topological polar surface area (TPSA) is 128 Å². The lowest BCUT2D eigenvalue weighted by molar-refractivity contribution is -0.120. The van der Waals surface area contributed by atoms with Crippen LogP contribution in [0.1, 0.15) is 61.4 Å². The van der Waals surface area contributed by atoms with Crippen molar-refractivity contribution in [3.63, 3.8) is 0 Å². The van der Waals surface area contributed by atoms with Gasteiger partial charge in [-0.2, -0.15) is 0 Å². The van der Waals surface area contributed by atoms with Gasteiger partial charge in [-0.25, -0.2) is 4.98 Å². The maximum atomic E-state index is 13.8. The molecule has 230 valence electrons. The van der Waals surface area contributed by atoms with E-state index >= 15 is 0 Å². The highest BCUT2D eigenvalue weighted by atomic mass is 32.1. The number of aromatic nitrogens is 1.